The third-order valence-corrected chi connectivity index (χ3v) is 5.13. The van der Waals surface area contributed by atoms with Gasteiger partial charge in [0.25, 0.3) is 0 Å². The number of nitrogens with one attached hydrogen (secondary N) is 2. The SMILES string of the molecule is CN=C(NCCCn1nc(C)cc1C)NCc1cccc(CN2CCOCC2)c1.I. The minimum Gasteiger partial charge on any atom is -0.379 e. The Morgan fingerprint density at radius 2 is 1.90 bits per heavy atom. The highest BCUT2D eigenvalue weighted by molar-refractivity contribution is 14.0. The van der Waals surface area contributed by atoms with Gasteiger partial charge in [0.2, 0.25) is 0 Å². The van der Waals surface area contributed by atoms with E-state index in [9.17, 15) is 0 Å². The fourth-order valence-corrected chi connectivity index (χ4v) is 3.60. The molecule has 3 rings (SSSR count). The lowest BCUT2D eigenvalue weighted by Gasteiger charge is -2.26. The number of aromatic nitrogens is 2. The Balaban J connectivity index is 0.00000320. The molecule has 1 aromatic carbocycles. The molecular formula is C22H35IN6O. The van der Waals surface area contributed by atoms with Crippen molar-refractivity contribution < 1.29 is 4.74 Å². The summed E-state index contributed by atoms with van der Waals surface area (Å²) in [6, 6.07) is 10.9. The number of morpholine rings is 1. The summed E-state index contributed by atoms with van der Waals surface area (Å²) in [6.07, 6.45) is 0.998. The van der Waals surface area contributed by atoms with E-state index in [1.165, 1.54) is 16.8 Å². The molecule has 30 heavy (non-hydrogen) atoms. The number of hydrogen-bond donors (Lipinski definition) is 2. The Morgan fingerprint density at radius 1 is 1.13 bits per heavy atom. The topological polar surface area (TPSA) is 66.7 Å². The normalized spacial score (nSPS) is 15.0. The third kappa shape index (κ3) is 7.88. The van der Waals surface area contributed by atoms with Crippen LogP contribution in [-0.2, 0) is 24.4 Å². The number of ether oxygens (including phenoxy) is 1. The first kappa shape index (κ1) is 24.6. The molecule has 1 fully saturated rings. The molecule has 0 radical (unpaired) electrons. The number of guanidine groups is 1. The van der Waals surface area contributed by atoms with Crippen LogP contribution < -0.4 is 10.6 Å². The van der Waals surface area contributed by atoms with E-state index in [-0.39, 0.29) is 24.0 Å². The van der Waals surface area contributed by atoms with Crippen molar-refractivity contribution in [3.63, 3.8) is 0 Å². The molecule has 2 aromatic rings. The maximum absolute atomic E-state index is 5.43. The van der Waals surface area contributed by atoms with E-state index in [4.69, 9.17) is 4.74 Å². The van der Waals surface area contributed by atoms with Crippen molar-refractivity contribution >= 4 is 29.9 Å². The van der Waals surface area contributed by atoms with Gasteiger partial charge < -0.3 is 15.4 Å². The van der Waals surface area contributed by atoms with Crippen LogP contribution in [0.25, 0.3) is 0 Å². The second-order valence-corrected chi connectivity index (χ2v) is 7.56. The van der Waals surface area contributed by atoms with E-state index in [0.717, 1.165) is 70.6 Å². The van der Waals surface area contributed by atoms with Crippen LogP contribution in [0.15, 0.2) is 35.3 Å². The number of rotatable bonds is 8. The molecule has 1 aromatic heterocycles. The van der Waals surface area contributed by atoms with Gasteiger partial charge in [-0.25, -0.2) is 0 Å². The van der Waals surface area contributed by atoms with Crippen LogP contribution in [0, 0.1) is 13.8 Å². The van der Waals surface area contributed by atoms with Gasteiger partial charge in [-0.05, 0) is 37.5 Å². The molecule has 1 aliphatic rings. The van der Waals surface area contributed by atoms with E-state index in [0.29, 0.717) is 0 Å². The van der Waals surface area contributed by atoms with E-state index in [2.05, 4.69) is 67.6 Å². The standard InChI is InChI=1S/C22H34N6O.HI/c1-18-14-19(2)28(26-18)9-5-8-24-22(23-3)25-16-20-6-4-7-21(15-20)17-27-10-12-29-13-11-27;/h4,6-7,14-15H,5,8-13,16-17H2,1-3H3,(H2,23,24,25);1H. The molecule has 0 bridgehead atoms. The summed E-state index contributed by atoms with van der Waals surface area (Å²) in [4.78, 5) is 6.78. The zero-order valence-electron chi connectivity index (χ0n) is 18.4. The molecule has 0 atom stereocenters. The molecule has 0 amide bonds. The van der Waals surface area contributed by atoms with Crippen LogP contribution in [0.5, 0.6) is 0 Å². The monoisotopic (exact) mass is 526 g/mol. The first-order valence-corrected chi connectivity index (χ1v) is 10.5. The van der Waals surface area contributed by atoms with Gasteiger partial charge in [0.15, 0.2) is 5.96 Å². The number of halogens is 1. The number of hydrogen-bond acceptors (Lipinski definition) is 4. The van der Waals surface area contributed by atoms with Crippen molar-refractivity contribution in [2.75, 3.05) is 39.9 Å². The summed E-state index contributed by atoms with van der Waals surface area (Å²) in [5.41, 5.74) is 4.89. The third-order valence-electron chi connectivity index (χ3n) is 5.13. The van der Waals surface area contributed by atoms with Gasteiger partial charge in [0.1, 0.15) is 0 Å². The summed E-state index contributed by atoms with van der Waals surface area (Å²) in [5, 5.41) is 11.3. The molecular weight excluding hydrogens is 491 g/mol. The highest BCUT2D eigenvalue weighted by Gasteiger charge is 2.10. The van der Waals surface area contributed by atoms with Crippen LogP contribution >= 0.6 is 24.0 Å². The van der Waals surface area contributed by atoms with Crippen LogP contribution in [0.1, 0.15) is 28.9 Å². The van der Waals surface area contributed by atoms with Gasteiger partial charge in [-0.15, -0.1) is 24.0 Å². The zero-order valence-corrected chi connectivity index (χ0v) is 20.7. The zero-order chi connectivity index (χ0) is 20.5. The van der Waals surface area contributed by atoms with E-state index < -0.39 is 0 Å². The Hall–Kier alpha value is -1.65. The molecule has 7 nitrogen and oxygen atoms in total. The van der Waals surface area contributed by atoms with Crippen LogP contribution in [0.2, 0.25) is 0 Å². The van der Waals surface area contributed by atoms with E-state index in [1.807, 2.05) is 14.0 Å². The molecule has 166 valence electrons. The molecule has 1 saturated heterocycles. The average molecular weight is 526 g/mol. The molecule has 2 N–H and O–H groups in total. The van der Waals surface area contributed by atoms with Gasteiger partial charge in [-0.1, -0.05) is 24.3 Å². The largest absolute Gasteiger partial charge is 0.379 e. The lowest BCUT2D eigenvalue weighted by atomic mass is 10.1. The quantitative estimate of drug-likeness (QED) is 0.240. The van der Waals surface area contributed by atoms with Gasteiger partial charge >= 0.3 is 0 Å². The molecule has 2 heterocycles. The average Bonchev–Trinajstić information content (AvgIpc) is 3.05. The van der Waals surface area contributed by atoms with Crippen LogP contribution in [0.4, 0.5) is 0 Å². The Morgan fingerprint density at radius 3 is 2.60 bits per heavy atom. The van der Waals surface area contributed by atoms with E-state index in [1.54, 1.807) is 0 Å². The van der Waals surface area contributed by atoms with Crippen LogP contribution in [-0.4, -0.2) is 60.5 Å². The molecule has 0 spiro atoms. The fourth-order valence-electron chi connectivity index (χ4n) is 3.60. The van der Waals surface area contributed by atoms with Crippen molar-refractivity contribution in [1.29, 1.82) is 0 Å². The number of aliphatic imine (C=N–C) groups is 1. The summed E-state index contributed by atoms with van der Waals surface area (Å²) in [7, 11) is 1.81. The smallest absolute Gasteiger partial charge is 0.191 e. The molecule has 8 heteroatoms. The van der Waals surface area contributed by atoms with E-state index >= 15 is 0 Å². The molecule has 0 unspecified atom stereocenters. The summed E-state index contributed by atoms with van der Waals surface area (Å²) in [6.45, 7) is 11.3. The molecule has 0 saturated carbocycles. The lowest BCUT2D eigenvalue weighted by Crippen LogP contribution is -2.37. The minimum atomic E-state index is 0. The van der Waals surface area contributed by atoms with Gasteiger partial charge in [0.05, 0.1) is 18.9 Å². The van der Waals surface area contributed by atoms with Crippen molar-refractivity contribution in [1.82, 2.24) is 25.3 Å². The van der Waals surface area contributed by atoms with Gasteiger partial charge in [0, 0.05) is 52.0 Å². The van der Waals surface area contributed by atoms with Crippen LogP contribution in [0.3, 0.4) is 0 Å². The lowest BCUT2D eigenvalue weighted by molar-refractivity contribution is 0.0342. The highest BCUT2D eigenvalue weighted by Crippen LogP contribution is 2.10. The van der Waals surface area contributed by atoms with Crippen molar-refractivity contribution in [2.24, 2.45) is 4.99 Å². The minimum absolute atomic E-state index is 0. The number of aryl methyl sites for hydroxylation is 3. The summed E-state index contributed by atoms with van der Waals surface area (Å²) in [5.74, 6) is 0.831. The molecule has 1 aliphatic heterocycles. The van der Waals surface area contributed by atoms with Crippen molar-refractivity contribution in [2.45, 2.75) is 39.9 Å². The predicted octanol–water partition coefficient (Wildman–Crippen LogP) is 2.71. The first-order chi connectivity index (χ1) is 14.1. The Labute approximate surface area is 197 Å². The maximum Gasteiger partial charge on any atom is 0.191 e. The maximum atomic E-state index is 5.43. The highest BCUT2D eigenvalue weighted by atomic mass is 127. The Bertz CT molecular complexity index is 801. The summed E-state index contributed by atoms with van der Waals surface area (Å²) < 4.78 is 7.50. The number of benzene rings is 1. The predicted molar refractivity (Wildman–Crippen MR) is 132 cm³/mol. The second-order valence-electron chi connectivity index (χ2n) is 7.56. The Kier molecular flexibility index (Phi) is 10.6. The fraction of sp³-hybridized carbons (Fsp3) is 0.545. The first-order valence-electron chi connectivity index (χ1n) is 10.5. The number of nitrogens with zero attached hydrogens (tertiary/aromatic N) is 4. The second kappa shape index (κ2) is 12.9. The van der Waals surface area contributed by atoms with Crippen molar-refractivity contribution in [3.8, 4) is 0 Å². The van der Waals surface area contributed by atoms with Crippen molar-refractivity contribution in [3.05, 3.63) is 52.8 Å². The van der Waals surface area contributed by atoms with Gasteiger partial charge in [-0.2, -0.15) is 5.10 Å². The van der Waals surface area contributed by atoms with Gasteiger partial charge in [-0.3, -0.25) is 14.6 Å². The molecule has 0 aliphatic carbocycles. The summed E-state index contributed by atoms with van der Waals surface area (Å²) >= 11 is 0.